The number of nitrogens with zero attached hydrogens (tertiary/aromatic N) is 1. The lowest BCUT2D eigenvalue weighted by molar-refractivity contribution is -0.138. The van der Waals surface area contributed by atoms with E-state index in [-0.39, 0.29) is 17.9 Å². The van der Waals surface area contributed by atoms with Crippen LogP contribution in [0.2, 0.25) is 0 Å². The van der Waals surface area contributed by atoms with Gasteiger partial charge in [-0.05, 0) is 62.2 Å². The van der Waals surface area contributed by atoms with E-state index < -0.39 is 0 Å². The Bertz CT molecular complexity index is 509. The maximum absolute atomic E-state index is 13.1. The predicted octanol–water partition coefficient (Wildman–Crippen LogP) is 1.95. The van der Waals surface area contributed by atoms with Gasteiger partial charge in [-0.3, -0.25) is 9.59 Å². The second-order valence-corrected chi connectivity index (χ2v) is 8.26. The van der Waals surface area contributed by atoms with Crippen LogP contribution in [0.15, 0.2) is 0 Å². The first-order chi connectivity index (χ1) is 11.7. The van der Waals surface area contributed by atoms with E-state index in [4.69, 9.17) is 4.74 Å². The fourth-order valence-corrected chi connectivity index (χ4v) is 6.21. The summed E-state index contributed by atoms with van der Waals surface area (Å²) in [6.45, 7) is 1.46. The van der Waals surface area contributed by atoms with Gasteiger partial charge in [0.15, 0.2) is 0 Å². The fourth-order valence-electron chi connectivity index (χ4n) is 6.21. The Morgan fingerprint density at radius 1 is 1.21 bits per heavy atom. The van der Waals surface area contributed by atoms with Crippen LogP contribution in [0, 0.1) is 23.7 Å². The lowest BCUT2D eigenvalue weighted by Gasteiger charge is -2.40. The number of hydrogen-bond acceptors (Lipinski definition) is 3. The van der Waals surface area contributed by atoms with Crippen molar-refractivity contribution in [2.45, 2.75) is 63.5 Å². The van der Waals surface area contributed by atoms with E-state index in [0.29, 0.717) is 31.4 Å². The highest BCUT2D eigenvalue weighted by Crippen LogP contribution is 2.59. The second-order valence-electron chi connectivity index (χ2n) is 8.26. The Morgan fingerprint density at radius 2 is 2.04 bits per heavy atom. The van der Waals surface area contributed by atoms with Crippen LogP contribution in [0.25, 0.3) is 0 Å². The summed E-state index contributed by atoms with van der Waals surface area (Å²) >= 11 is 0. The van der Waals surface area contributed by atoms with Crippen molar-refractivity contribution in [3.8, 4) is 0 Å². The number of carbonyl (C=O) groups excluding carboxylic acids is 2. The van der Waals surface area contributed by atoms with E-state index in [1.807, 2.05) is 0 Å². The number of ether oxygens (including phenoxy) is 1. The van der Waals surface area contributed by atoms with E-state index in [1.165, 1.54) is 32.1 Å². The van der Waals surface area contributed by atoms with Crippen molar-refractivity contribution in [3.05, 3.63) is 0 Å². The molecule has 24 heavy (non-hydrogen) atoms. The molecule has 3 saturated carbocycles. The van der Waals surface area contributed by atoms with Crippen molar-refractivity contribution in [2.75, 3.05) is 20.3 Å². The molecule has 1 heterocycles. The molecule has 5 heteroatoms. The number of methoxy groups -OCH3 is 1. The molecule has 0 aromatic carbocycles. The topological polar surface area (TPSA) is 58.6 Å². The van der Waals surface area contributed by atoms with Gasteiger partial charge in [0.1, 0.15) is 6.04 Å². The molecule has 0 aromatic rings. The maximum atomic E-state index is 13.1. The number of hydrogen-bond donors (Lipinski definition) is 1. The Balaban J connectivity index is 1.48. The molecule has 0 spiro atoms. The van der Waals surface area contributed by atoms with Crippen LogP contribution in [-0.2, 0) is 14.3 Å². The van der Waals surface area contributed by atoms with Gasteiger partial charge in [0.05, 0.1) is 0 Å². The van der Waals surface area contributed by atoms with Crippen LogP contribution in [0.4, 0.5) is 0 Å². The average Bonchev–Trinajstić information content (AvgIpc) is 3.31. The summed E-state index contributed by atoms with van der Waals surface area (Å²) in [5, 5.41) is 2.88. The maximum Gasteiger partial charge on any atom is 0.245 e. The Kier molecular flexibility index (Phi) is 4.54. The summed E-state index contributed by atoms with van der Waals surface area (Å²) in [4.78, 5) is 26.8. The normalized spacial score (nSPS) is 40.0. The number of carbonyl (C=O) groups is 2. The van der Waals surface area contributed by atoms with Gasteiger partial charge in [-0.1, -0.05) is 6.42 Å². The minimum Gasteiger partial charge on any atom is -0.385 e. The van der Waals surface area contributed by atoms with E-state index in [9.17, 15) is 9.59 Å². The van der Waals surface area contributed by atoms with Crippen molar-refractivity contribution in [2.24, 2.45) is 23.7 Å². The summed E-state index contributed by atoms with van der Waals surface area (Å²) < 4.78 is 5.20. The smallest absolute Gasteiger partial charge is 0.245 e. The summed E-state index contributed by atoms with van der Waals surface area (Å²) in [6, 6.07) is 0.106. The highest BCUT2D eigenvalue weighted by molar-refractivity contribution is 5.91. The van der Waals surface area contributed by atoms with Gasteiger partial charge in [-0.25, -0.2) is 0 Å². The van der Waals surface area contributed by atoms with Gasteiger partial charge in [-0.15, -0.1) is 0 Å². The Hall–Kier alpha value is -1.10. The largest absolute Gasteiger partial charge is 0.385 e. The van der Waals surface area contributed by atoms with Gasteiger partial charge in [0.25, 0.3) is 0 Å². The number of nitrogens with one attached hydrogen (secondary N) is 1. The van der Waals surface area contributed by atoms with Gasteiger partial charge >= 0.3 is 0 Å². The van der Waals surface area contributed by atoms with E-state index in [1.54, 1.807) is 7.11 Å². The molecule has 0 unspecified atom stereocenters. The zero-order valence-electron chi connectivity index (χ0n) is 14.7. The van der Waals surface area contributed by atoms with Crippen LogP contribution in [0.1, 0.15) is 51.4 Å². The molecule has 4 rings (SSSR count). The summed E-state index contributed by atoms with van der Waals surface area (Å²) in [5.41, 5.74) is 0. The zero-order valence-corrected chi connectivity index (χ0v) is 14.7. The Labute approximate surface area is 144 Å². The third kappa shape index (κ3) is 2.75. The highest BCUT2D eigenvalue weighted by atomic mass is 16.5. The van der Waals surface area contributed by atoms with Crippen LogP contribution in [-0.4, -0.2) is 49.1 Å². The molecule has 2 amide bonds. The predicted molar refractivity (Wildman–Crippen MR) is 90.2 cm³/mol. The lowest BCUT2D eigenvalue weighted by atomic mass is 9.78. The number of fused-ring (bicyclic) bond motifs is 5. The van der Waals surface area contributed by atoms with E-state index >= 15 is 0 Å². The molecular weight excluding hydrogens is 304 g/mol. The third-order valence-corrected chi connectivity index (χ3v) is 7.12. The first-order valence-electron chi connectivity index (χ1n) is 9.78. The molecule has 1 aliphatic heterocycles. The molecule has 4 aliphatic rings. The first kappa shape index (κ1) is 16.4. The minimum atomic E-state index is -0.293. The van der Waals surface area contributed by atoms with E-state index in [0.717, 1.165) is 30.7 Å². The molecule has 3 aliphatic carbocycles. The minimum absolute atomic E-state index is 0.0222. The second kappa shape index (κ2) is 6.66. The molecule has 6 atom stereocenters. The SMILES string of the molecule is COCCCN(C(=O)[C@@H]1CCC(=O)N1)[C@@H]1C[C@H]2C[C@H]1[C@H]1CCC[C@@H]21. The molecule has 5 nitrogen and oxygen atoms in total. The van der Waals surface area contributed by atoms with E-state index in [2.05, 4.69) is 10.2 Å². The van der Waals surface area contributed by atoms with Crippen molar-refractivity contribution < 1.29 is 14.3 Å². The van der Waals surface area contributed by atoms with Crippen molar-refractivity contribution in [1.82, 2.24) is 10.2 Å². The number of rotatable bonds is 6. The third-order valence-electron chi connectivity index (χ3n) is 7.12. The fraction of sp³-hybridized carbons (Fsp3) is 0.895. The highest BCUT2D eigenvalue weighted by Gasteiger charge is 2.56. The van der Waals surface area contributed by atoms with Crippen molar-refractivity contribution >= 4 is 11.8 Å². The molecule has 2 bridgehead atoms. The average molecular weight is 334 g/mol. The molecular formula is C19H30N2O3. The van der Waals surface area contributed by atoms with Gasteiger partial charge in [-0.2, -0.15) is 0 Å². The first-order valence-corrected chi connectivity index (χ1v) is 9.78. The summed E-state index contributed by atoms with van der Waals surface area (Å²) in [6.07, 6.45) is 8.69. The quantitative estimate of drug-likeness (QED) is 0.756. The monoisotopic (exact) mass is 334 g/mol. The summed E-state index contributed by atoms with van der Waals surface area (Å²) in [5.74, 6) is 3.51. The van der Waals surface area contributed by atoms with Gasteiger partial charge in [0.2, 0.25) is 11.8 Å². The summed E-state index contributed by atoms with van der Waals surface area (Å²) in [7, 11) is 1.71. The van der Waals surface area contributed by atoms with Crippen LogP contribution in [0.3, 0.4) is 0 Å². The van der Waals surface area contributed by atoms with Crippen LogP contribution in [0.5, 0.6) is 0 Å². The standard InChI is InChI=1S/C19H30N2O3/c1-24-9-3-8-21(19(23)16-6-7-18(22)20-16)17-11-12-10-15(17)14-5-2-4-13(12)14/h12-17H,2-11H2,1H3,(H,20,22)/t12-,13+,14+,15+,16+,17-/m1/s1. The van der Waals surface area contributed by atoms with Gasteiger partial charge in [0, 0.05) is 32.7 Å². The van der Waals surface area contributed by atoms with Crippen molar-refractivity contribution in [1.29, 1.82) is 0 Å². The van der Waals surface area contributed by atoms with Crippen LogP contribution >= 0.6 is 0 Å². The van der Waals surface area contributed by atoms with Crippen molar-refractivity contribution in [3.63, 3.8) is 0 Å². The molecule has 1 saturated heterocycles. The van der Waals surface area contributed by atoms with Gasteiger partial charge < -0.3 is 15.0 Å². The number of amides is 2. The molecule has 0 radical (unpaired) electrons. The molecule has 0 aromatic heterocycles. The zero-order chi connectivity index (χ0) is 16.7. The molecule has 4 fully saturated rings. The lowest BCUT2D eigenvalue weighted by Crippen LogP contribution is -2.52. The molecule has 134 valence electrons. The van der Waals surface area contributed by atoms with Crippen LogP contribution < -0.4 is 5.32 Å². The molecule has 1 N–H and O–H groups in total. The Morgan fingerprint density at radius 3 is 2.79 bits per heavy atom.